The standard InChI is InChI=1S/C9H11F6NO4/c1-20-3-2-16(4-5(17)18)7(19)6(8(10,11)12)9(13,14)15/h6H,2-4H2,1H3,(H,17,18). The summed E-state index contributed by atoms with van der Waals surface area (Å²) in [5, 5.41) is 8.42. The fourth-order valence-corrected chi connectivity index (χ4v) is 1.28. The lowest BCUT2D eigenvalue weighted by Gasteiger charge is -2.28. The molecule has 11 heteroatoms. The highest BCUT2D eigenvalue weighted by Crippen LogP contribution is 2.40. The summed E-state index contributed by atoms with van der Waals surface area (Å²) in [5.41, 5.74) is 0. The molecular weight excluding hydrogens is 300 g/mol. The van der Waals surface area contributed by atoms with Crippen molar-refractivity contribution in [2.45, 2.75) is 12.4 Å². The van der Waals surface area contributed by atoms with Crippen molar-refractivity contribution in [2.75, 3.05) is 26.8 Å². The smallest absolute Gasteiger partial charge is 0.409 e. The van der Waals surface area contributed by atoms with Gasteiger partial charge < -0.3 is 14.7 Å². The molecule has 0 saturated heterocycles. The Morgan fingerprint density at radius 2 is 1.60 bits per heavy atom. The van der Waals surface area contributed by atoms with E-state index in [9.17, 15) is 35.9 Å². The second kappa shape index (κ2) is 6.77. The van der Waals surface area contributed by atoms with Crippen LogP contribution in [0.2, 0.25) is 0 Å². The van der Waals surface area contributed by atoms with Crippen LogP contribution in [0.3, 0.4) is 0 Å². The van der Waals surface area contributed by atoms with E-state index < -0.39 is 49.8 Å². The van der Waals surface area contributed by atoms with Crippen molar-refractivity contribution < 1.29 is 45.8 Å². The summed E-state index contributed by atoms with van der Waals surface area (Å²) >= 11 is 0. The van der Waals surface area contributed by atoms with Crippen LogP contribution in [0, 0.1) is 5.92 Å². The van der Waals surface area contributed by atoms with Crippen LogP contribution in [0.5, 0.6) is 0 Å². The van der Waals surface area contributed by atoms with E-state index in [0.29, 0.717) is 0 Å². The lowest BCUT2D eigenvalue weighted by atomic mass is 10.1. The van der Waals surface area contributed by atoms with Gasteiger partial charge in [0.2, 0.25) is 11.8 Å². The topological polar surface area (TPSA) is 66.8 Å². The number of hydrogen-bond donors (Lipinski definition) is 1. The number of carbonyl (C=O) groups is 2. The van der Waals surface area contributed by atoms with E-state index in [4.69, 9.17) is 5.11 Å². The number of alkyl halides is 6. The number of halogens is 6. The molecule has 1 amide bonds. The SMILES string of the molecule is COCCN(CC(=O)O)C(=O)C(C(F)(F)F)C(F)(F)F. The van der Waals surface area contributed by atoms with Crippen LogP contribution in [0.4, 0.5) is 26.3 Å². The Morgan fingerprint density at radius 1 is 1.15 bits per heavy atom. The van der Waals surface area contributed by atoms with Crippen LogP contribution >= 0.6 is 0 Å². The first-order valence-electron chi connectivity index (χ1n) is 5.04. The molecule has 118 valence electrons. The molecule has 0 bridgehead atoms. The minimum absolute atomic E-state index is 0.0581. The van der Waals surface area contributed by atoms with Crippen molar-refractivity contribution in [3.8, 4) is 0 Å². The Labute approximate surface area is 109 Å². The lowest BCUT2D eigenvalue weighted by molar-refractivity contribution is -0.277. The highest BCUT2D eigenvalue weighted by molar-refractivity contribution is 5.84. The van der Waals surface area contributed by atoms with Crippen molar-refractivity contribution >= 4 is 11.9 Å². The third-order valence-electron chi connectivity index (χ3n) is 2.10. The summed E-state index contributed by atoms with van der Waals surface area (Å²) in [7, 11) is 1.09. The maximum atomic E-state index is 12.3. The highest BCUT2D eigenvalue weighted by atomic mass is 19.4. The average molecular weight is 311 g/mol. The maximum absolute atomic E-state index is 12.3. The molecule has 1 N–H and O–H groups in total. The molecule has 20 heavy (non-hydrogen) atoms. The molecule has 0 aliphatic carbocycles. The summed E-state index contributed by atoms with van der Waals surface area (Å²) in [6.07, 6.45) is -11.7. The molecule has 0 heterocycles. The van der Waals surface area contributed by atoms with Crippen molar-refractivity contribution in [1.29, 1.82) is 0 Å². The van der Waals surface area contributed by atoms with Crippen molar-refractivity contribution in [3.05, 3.63) is 0 Å². The van der Waals surface area contributed by atoms with Crippen molar-refractivity contribution in [2.24, 2.45) is 5.92 Å². The summed E-state index contributed by atoms with van der Waals surface area (Å²) < 4.78 is 78.4. The van der Waals surface area contributed by atoms with E-state index in [1.807, 2.05) is 0 Å². The molecule has 0 aliphatic heterocycles. The molecule has 5 nitrogen and oxygen atoms in total. The Kier molecular flexibility index (Phi) is 6.26. The van der Waals surface area contributed by atoms with Gasteiger partial charge in [-0.2, -0.15) is 26.3 Å². The monoisotopic (exact) mass is 311 g/mol. The van der Waals surface area contributed by atoms with Crippen molar-refractivity contribution in [3.63, 3.8) is 0 Å². The van der Waals surface area contributed by atoms with E-state index in [-0.39, 0.29) is 4.90 Å². The first kappa shape index (κ1) is 18.5. The van der Waals surface area contributed by atoms with Gasteiger partial charge in [0.1, 0.15) is 6.54 Å². The van der Waals surface area contributed by atoms with Gasteiger partial charge in [-0.05, 0) is 0 Å². The van der Waals surface area contributed by atoms with E-state index >= 15 is 0 Å². The zero-order valence-corrected chi connectivity index (χ0v) is 10.1. The van der Waals surface area contributed by atoms with Gasteiger partial charge >= 0.3 is 18.3 Å². The first-order chi connectivity index (χ1) is 8.91. The number of amides is 1. The van der Waals surface area contributed by atoms with Crippen LogP contribution in [-0.2, 0) is 14.3 Å². The van der Waals surface area contributed by atoms with Gasteiger partial charge in [-0.15, -0.1) is 0 Å². The molecule has 0 unspecified atom stereocenters. The quantitative estimate of drug-likeness (QED) is 0.751. The molecular formula is C9H11F6NO4. The zero-order chi connectivity index (χ0) is 16.1. The normalized spacial score (nSPS) is 12.6. The third-order valence-corrected chi connectivity index (χ3v) is 2.10. The fourth-order valence-electron chi connectivity index (χ4n) is 1.28. The maximum Gasteiger partial charge on any atom is 0.409 e. The molecule has 0 saturated carbocycles. The van der Waals surface area contributed by atoms with E-state index in [1.54, 1.807) is 0 Å². The second-order valence-electron chi connectivity index (χ2n) is 3.66. The number of methoxy groups -OCH3 is 1. The largest absolute Gasteiger partial charge is 0.480 e. The van der Waals surface area contributed by atoms with Crippen LogP contribution in [-0.4, -0.2) is 61.0 Å². The van der Waals surface area contributed by atoms with Crippen LogP contribution in [0.1, 0.15) is 0 Å². The van der Waals surface area contributed by atoms with Gasteiger partial charge in [0.25, 0.3) is 0 Å². The molecule has 0 aromatic carbocycles. The summed E-state index contributed by atoms with van der Waals surface area (Å²) in [6, 6.07) is 0. The number of ether oxygens (including phenoxy) is 1. The number of nitrogens with zero attached hydrogens (tertiary/aromatic N) is 1. The average Bonchev–Trinajstić information content (AvgIpc) is 2.19. The van der Waals surface area contributed by atoms with Crippen LogP contribution < -0.4 is 0 Å². The van der Waals surface area contributed by atoms with Gasteiger partial charge in [0.05, 0.1) is 6.61 Å². The molecule has 0 rings (SSSR count). The predicted octanol–water partition coefficient (Wildman–Crippen LogP) is 1.29. The number of hydrogen-bond acceptors (Lipinski definition) is 3. The van der Waals surface area contributed by atoms with Gasteiger partial charge in [0, 0.05) is 13.7 Å². The molecule has 0 aromatic heterocycles. The van der Waals surface area contributed by atoms with Gasteiger partial charge in [-0.1, -0.05) is 0 Å². The molecule has 0 radical (unpaired) electrons. The highest BCUT2D eigenvalue weighted by Gasteiger charge is 2.62. The molecule has 0 aromatic rings. The van der Waals surface area contributed by atoms with Crippen LogP contribution in [0.15, 0.2) is 0 Å². The first-order valence-corrected chi connectivity index (χ1v) is 5.04. The minimum atomic E-state index is -5.86. The number of carboxylic acids is 1. The predicted molar refractivity (Wildman–Crippen MR) is 51.7 cm³/mol. The third kappa shape index (κ3) is 5.63. The van der Waals surface area contributed by atoms with Crippen molar-refractivity contribution in [1.82, 2.24) is 4.90 Å². The molecule has 0 aliphatic rings. The number of carbonyl (C=O) groups excluding carboxylic acids is 1. The Bertz CT molecular complexity index is 339. The van der Waals surface area contributed by atoms with Gasteiger partial charge in [0.15, 0.2) is 0 Å². The zero-order valence-electron chi connectivity index (χ0n) is 10.1. The Morgan fingerprint density at radius 3 is 1.90 bits per heavy atom. The summed E-state index contributed by atoms with van der Waals surface area (Å²) in [6.45, 7) is -2.39. The number of aliphatic carboxylic acids is 1. The minimum Gasteiger partial charge on any atom is -0.480 e. The molecule has 0 fully saturated rings. The number of rotatable bonds is 6. The van der Waals surface area contributed by atoms with E-state index in [2.05, 4.69) is 4.74 Å². The molecule has 0 atom stereocenters. The fraction of sp³-hybridized carbons (Fsp3) is 0.778. The van der Waals surface area contributed by atoms with Gasteiger partial charge in [-0.25, -0.2) is 0 Å². The summed E-state index contributed by atoms with van der Waals surface area (Å²) in [5.74, 6) is -8.37. The van der Waals surface area contributed by atoms with E-state index in [1.165, 1.54) is 0 Å². The van der Waals surface area contributed by atoms with Gasteiger partial charge in [-0.3, -0.25) is 9.59 Å². The number of carboxylic acid groups (broad SMARTS) is 1. The summed E-state index contributed by atoms with van der Waals surface area (Å²) in [4.78, 5) is 21.7. The Balaban J connectivity index is 5.30. The second-order valence-corrected chi connectivity index (χ2v) is 3.66. The van der Waals surface area contributed by atoms with Crippen LogP contribution in [0.25, 0.3) is 0 Å². The lowest BCUT2D eigenvalue weighted by Crippen LogP contribution is -2.51. The molecule has 0 spiro atoms. The van der Waals surface area contributed by atoms with E-state index in [0.717, 1.165) is 7.11 Å². The Hall–Kier alpha value is -1.52.